The second-order valence-electron chi connectivity index (χ2n) is 6.13. The van der Waals surface area contributed by atoms with E-state index in [0.29, 0.717) is 6.61 Å². The Morgan fingerprint density at radius 3 is 2.22 bits per heavy atom. The van der Waals surface area contributed by atoms with Gasteiger partial charge >= 0.3 is 6.09 Å². The normalized spacial score (nSPS) is 14.4. The van der Waals surface area contributed by atoms with E-state index in [4.69, 9.17) is 9.26 Å². The predicted molar refractivity (Wildman–Crippen MR) is 111 cm³/mol. The van der Waals surface area contributed by atoms with Crippen molar-refractivity contribution >= 4 is 24.0 Å². The highest BCUT2D eigenvalue weighted by atomic mass is 32.7. The summed E-state index contributed by atoms with van der Waals surface area (Å²) in [7, 11) is 0. The molecule has 2 aromatic rings. The van der Waals surface area contributed by atoms with E-state index >= 15 is 0 Å². The third kappa shape index (κ3) is 6.73. The quantitative estimate of drug-likeness (QED) is 0.518. The van der Waals surface area contributed by atoms with E-state index in [-0.39, 0.29) is 11.9 Å². The van der Waals surface area contributed by atoms with Crippen molar-refractivity contribution in [2.24, 2.45) is 0 Å². The second kappa shape index (κ2) is 10.5. The molecule has 0 spiro atoms. The minimum absolute atomic E-state index is 0.0794. The standard InChI is InChI=1S/C20H26NO4PS/c1-4-25-26(23,27-16(2)3)19(18-13-9-6-10-14-18)21-20(22)24-15-17-11-7-5-8-12-17/h5-14,16,19H,4,15H2,1-3H3,(H,21,22). The van der Waals surface area contributed by atoms with Crippen LogP contribution in [-0.4, -0.2) is 18.0 Å². The van der Waals surface area contributed by atoms with Crippen LogP contribution in [0.2, 0.25) is 0 Å². The first-order valence-electron chi connectivity index (χ1n) is 8.89. The van der Waals surface area contributed by atoms with Crippen LogP contribution in [0.25, 0.3) is 0 Å². The monoisotopic (exact) mass is 407 g/mol. The molecule has 0 fully saturated rings. The van der Waals surface area contributed by atoms with E-state index in [1.165, 1.54) is 11.4 Å². The molecule has 0 saturated heterocycles. The minimum Gasteiger partial charge on any atom is -0.445 e. The summed E-state index contributed by atoms with van der Waals surface area (Å²) in [5.41, 5.74) is 1.60. The molecule has 2 unspecified atom stereocenters. The summed E-state index contributed by atoms with van der Waals surface area (Å²) in [5, 5.41) is 2.84. The highest BCUT2D eigenvalue weighted by molar-refractivity contribution is 8.56. The molecule has 0 heterocycles. The Balaban J connectivity index is 2.19. The molecule has 2 atom stereocenters. The second-order valence-corrected chi connectivity index (χ2v) is 11.3. The van der Waals surface area contributed by atoms with Gasteiger partial charge in [0.1, 0.15) is 12.4 Å². The Kier molecular flexibility index (Phi) is 8.42. The first-order valence-corrected chi connectivity index (χ1v) is 12.1. The molecular formula is C20H26NO4PS. The Labute approximate surface area is 165 Å². The fourth-order valence-corrected chi connectivity index (χ4v) is 7.73. The van der Waals surface area contributed by atoms with Gasteiger partial charge in [-0.2, -0.15) is 0 Å². The number of nitrogens with one attached hydrogen (secondary N) is 1. The lowest BCUT2D eigenvalue weighted by Crippen LogP contribution is -2.29. The molecule has 0 radical (unpaired) electrons. The highest BCUT2D eigenvalue weighted by Crippen LogP contribution is 2.69. The molecule has 0 saturated carbocycles. The molecule has 0 aromatic heterocycles. The summed E-state index contributed by atoms with van der Waals surface area (Å²) in [6, 6.07) is 18.6. The van der Waals surface area contributed by atoms with Crippen LogP contribution < -0.4 is 5.32 Å². The maximum Gasteiger partial charge on any atom is 0.408 e. The molecule has 0 aliphatic carbocycles. The topological polar surface area (TPSA) is 64.6 Å². The van der Waals surface area contributed by atoms with E-state index in [9.17, 15) is 9.36 Å². The van der Waals surface area contributed by atoms with Crippen molar-refractivity contribution in [1.29, 1.82) is 0 Å². The number of amides is 1. The van der Waals surface area contributed by atoms with Gasteiger partial charge in [0.05, 0.1) is 6.61 Å². The summed E-state index contributed by atoms with van der Waals surface area (Å²) >= 11 is 1.25. The first kappa shape index (κ1) is 21.5. The lowest BCUT2D eigenvalue weighted by Gasteiger charge is -2.28. The number of hydrogen-bond acceptors (Lipinski definition) is 5. The summed E-state index contributed by atoms with van der Waals surface area (Å²) in [6.45, 7) is 2.88. The maximum atomic E-state index is 13.6. The average molecular weight is 407 g/mol. The molecule has 27 heavy (non-hydrogen) atoms. The fourth-order valence-electron chi connectivity index (χ4n) is 2.50. The van der Waals surface area contributed by atoms with Crippen LogP contribution in [-0.2, 0) is 20.4 Å². The number of carbonyl (C=O) groups is 1. The number of hydrogen-bond donors (Lipinski definition) is 1. The van der Waals surface area contributed by atoms with Crippen LogP contribution in [0.5, 0.6) is 0 Å². The number of carbonyl (C=O) groups excluding carboxylic acids is 1. The molecule has 0 bridgehead atoms. The molecule has 2 rings (SSSR count). The van der Waals surface area contributed by atoms with Crippen molar-refractivity contribution in [3.63, 3.8) is 0 Å². The van der Waals surface area contributed by atoms with Crippen LogP contribution in [0.4, 0.5) is 4.79 Å². The van der Waals surface area contributed by atoms with Crippen molar-refractivity contribution in [3.8, 4) is 0 Å². The summed E-state index contributed by atoms with van der Waals surface area (Å²) in [5.74, 6) is -0.783. The Bertz CT molecular complexity index is 755. The Morgan fingerprint density at radius 2 is 1.67 bits per heavy atom. The van der Waals surface area contributed by atoms with Crippen molar-refractivity contribution < 1.29 is 18.6 Å². The van der Waals surface area contributed by atoms with E-state index in [2.05, 4.69) is 5.32 Å². The molecule has 1 N–H and O–H groups in total. The van der Waals surface area contributed by atoms with Crippen LogP contribution >= 0.6 is 18.0 Å². The number of benzene rings is 2. The number of rotatable bonds is 9. The molecule has 5 nitrogen and oxygen atoms in total. The van der Waals surface area contributed by atoms with Gasteiger partial charge in [0.15, 0.2) is 0 Å². The van der Waals surface area contributed by atoms with Gasteiger partial charge in [-0.15, -0.1) is 0 Å². The number of alkyl carbamates (subject to hydrolysis) is 1. The van der Waals surface area contributed by atoms with Crippen molar-refractivity contribution in [3.05, 3.63) is 71.8 Å². The van der Waals surface area contributed by atoms with Gasteiger partial charge in [0, 0.05) is 5.25 Å². The molecule has 0 aliphatic rings. The minimum atomic E-state index is -3.25. The molecule has 7 heteroatoms. The van der Waals surface area contributed by atoms with E-state index in [1.807, 2.05) is 74.5 Å². The van der Waals surface area contributed by atoms with Gasteiger partial charge in [0.25, 0.3) is 6.57 Å². The van der Waals surface area contributed by atoms with Gasteiger partial charge in [-0.05, 0) is 18.1 Å². The van der Waals surface area contributed by atoms with Gasteiger partial charge in [-0.3, -0.25) is 4.57 Å². The number of ether oxygens (including phenoxy) is 1. The van der Waals surface area contributed by atoms with Crippen molar-refractivity contribution in [2.45, 2.75) is 38.4 Å². The predicted octanol–water partition coefficient (Wildman–Crippen LogP) is 5.98. The Hall–Kier alpha value is -1.75. The third-order valence-corrected chi connectivity index (χ3v) is 9.05. The molecule has 0 aliphatic heterocycles. The zero-order valence-corrected chi connectivity index (χ0v) is 17.5. The van der Waals surface area contributed by atoms with E-state index in [0.717, 1.165) is 11.1 Å². The third-order valence-electron chi connectivity index (χ3n) is 3.57. The maximum absolute atomic E-state index is 13.6. The van der Waals surface area contributed by atoms with Crippen LogP contribution in [0.3, 0.4) is 0 Å². The molecule has 1 amide bonds. The fraction of sp³-hybridized carbons (Fsp3) is 0.350. The Morgan fingerprint density at radius 1 is 1.07 bits per heavy atom. The van der Waals surface area contributed by atoms with E-state index in [1.54, 1.807) is 6.92 Å². The van der Waals surface area contributed by atoms with Gasteiger partial charge < -0.3 is 14.6 Å². The molecular weight excluding hydrogens is 381 g/mol. The summed E-state index contributed by atoms with van der Waals surface area (Å²) < 4.78 is 24.6. The lowest BCUT2D eigenvalue weighted by atomic mass is 10.2. The van der Waals surface area contributed by atoms with Gasteiger partial charge in [0.2, 0.25) is 0 Å². The smallest absolute Gasteiger partial charge is 0.408 e. The van der Waals surface area contributed by atoms with Gasteiger partial charge in [-0.25, -0.2) is 4.79 Å². The SMILES string of the molecule is CCOP(=O)(SC(C)C)C(NC(=O)OCc1ccccc1)c1ccccc1. The van der Waals surface area contributed by atoms with Crippen LogP contribution in [0.15, 0.2) is 60.7 Å². The lowest BCUT2D eigenvalue weighted by molar-refractivity contribution is 0.137. The summed E-state index contributed by atoms with van der Waals surface area (Å²) in [4.78, 5) is 12.4. The van der Waals surface area contributed by atoms with Gasteiger partial charge in [-0.1, -0.05) is 85.9 Å². The molecule has 2 aromatic carbocycles. The van der Waals surface area contributed by atoms with Crippen LogP contribution in [0.1, 0.15) is 37.7 Å². The summed E-state index contributed by atoms with van der Waals surface area (Å²) in [6.07, 6.45) is -0.628. The highest BCUT2D eigenvalue weighted by Gasteiger charge is 2.38. The zero-order valence-electron chi connectivity index (χ0n) is 15.8. The average Bonchev–Trinajstić information content (AvgIpc) is 2.65. The zero-order chi connectivity index (χ0) is 19.7. The van der Waals surface area contributed by atoms with E-state index < -0.39 is 18.4 Å². The largest absolute Gasteiger partial charge is 0.445 e. The molecule has 146 valence electrons. The first-order chi connectivity index (χ1) is 12.9. The van der Waals surface area contributed by atoms with Crippen LogP contribution in [0, 0.1) is 0 Å². The van der Waals surface area contributed by atoms with Crippen molar-refractivity contribution in [1.82, 2.24) is 5.32 Å². The van der Waals surface area contributed by atoms with Crippen molar-refractivity contribution in [2.75, 3.05) is 6.61 Å².